The Hall–Kier alpha value is -3.20. The number of benzene rings is 1. The lowest BCUT2D eigenvalue weighted by Crippen LogP contribution is -2.31. The molecular formula is C22H25N5O3S. The molecule has 1 N–H and O–H groups in total. The molecule has 4 aromatic rings. The summed E-state index contributed by atoms with van der Waals surface area (Å²) in [6.45, 7) is 0. The third-order valence-corrected chi connectivity index (χ3v) is 6.00. The zero-order valence-corrected chi connectivity index (χ0v) is 18.8. The van der Waals surface area contributed by atoms with Crippen molar-refractivity contribution in [3.63, 3.8) is 0 Å². The standard InChI is InChI=1S/C22H25N5O3S/c1-26-16(13-14-17(29-2)8-9-18(30-3)20(14)26)22(28)23-15(10-12-31-4)21-25-24-19-7-5-6-11-27(19)21/h5-9,11,13,15H,10,12H2,1-4H3,(H,23,28). The van der Waals surface area contributed by atoms with E-state index in [1.54, 1.807) is 26.0 Å². The second-order valence-electron chi connectivity index (χ2n) is 7.12. The average molecular weight is 440 g/mol. The molecule has 8 nitrogen and oxygen atoms in total. The van der Waals surface area contributed by atoms with Gasteiger partial charge in [-0.2, -0.15) is 11.8 Å². The highest BCUT2D eigenvalue weighted by molar-refractivity contribution is 7.98. The number of hydrogen-bond acceptors (Lipinski definition) is 6. The number of hydrogen-bond donors (Lipinski definition) is 1. The molecule has 3 heterocycles. The number of thioether (sulfide) groups is 1. The van der Waals surface area contributed by atoms with Crippen molar-refractivity contribution >= 4 is 34.2 Å². The molecule has 0 saturated heterocycles. The highest BCUT2D eigenvalue weighted by Gasteiger charge is 2.24. The summed E-state index contributed by atoms with van der Waals surface area (Å²) in [6.07, 6.45) is 4.69. The number of ether oxygens (including phenoxy) is 2. The molecular weight excluding hydrogens is 414 g/mol. The zero-order valence-electron chi connectivity index (χ0n) is 18.0. The summed E-state index contributed by atoms with van der Waals surface area (Å²) in [4.78, 5) is 13.4. The summed E-state index contributed by atoms with van der Waals surface area (Å²) in [6, 6.07) is 11.0. The van der Waals surface area contributed by atoms with Crippen molar-refractivity contribution in [3.05, 3.63) is 54.1 Å². The molecule has 0 spiro atoms. The summed E-state index contributed by atoms with van der Waals surface area (Å²) in [5, 5.41) is 12.6. The lowest BCUT2D eigenvalue weighted by Gasteiger charge is -2.17. The summed E-state index contributed by atoms with van der Waals surface area (Å²) in [7, 11) is 5.08. The molecule has 1 aromatic carbocycles. The Morgan fingerprint density at radius 1 is 1.16 bits per heavy atom. The molecule has 1 amide bonds. The Bertz CT molecular complexity index is 1230. The van der Waals surface area contributed by atoms with Crippen molar-refractivity contribution in [2.75, 3.05) is 26.2 Å². The summed E-state index contributed by atoms with van der Waals surface area (Å²) < 4.78 is 14.7. The molecule has 1 atom stereocenters. The van der Waals surface area contributed by atoms with Crippen LogP contribution >= 0.6 is 11.8 Å². The SMILES string of the molecule is COc1ccc(OC)c2c1cc(C(=O)NC(CCSC)c1nnc3ccccn13)n2C. The molecule has 0 fully saturated rings. The van der Waals surface area contributed by atoms with Gasteiger partial charge in [0.1, 0.15) is 17.2 Å². The number of nitrogens with zero attached hydrogens (tertiary/aromatic N) is 4. The third kappa shape index (κ3) is 3.81. The molecule has 0 aliphatic heterocycles. The first-order chi connectivity index (χ1) is 15.1. The minimum absolute atomic E-state index is 0.193. The largest absolute Gasteiger partial charge is 0.496 e. The van der Waals surface area contributed by atoms with Crippen LogP contribution in [0.3, 0.4) is 0 Å². The van der Waals surface area contributed by atoms with Crippen molar-refractivity contribution < 1.29 is 14.3 Å². The number of pyridine rings is 1. The topological polar surface area (TPSA) is 82.7 Å². The van der Waals surface area contributed by atoms with Crippen molar-refractivity contribution in [2.24, 2.45) is 7.05 Å². The van der Waals surface area contributed by atoms with Gasteiger partial charge < -0.3 is 19.4 Å². The smallest absolute Gasteiger partial charge is 0.268 e. The maximum Gasteiger partial charge on any atom is 0.268 e. The van der Waals surface area contributed by atoms with E-state index in [-0.39, 0.29) is 11.9 Å². The summed E-state index contributed by atoms with van der Waals surface area (Å²) in [5.41, 5.74) is 2.07. The van der Waals surface area contributed by atoms with E-state index in [1.165, 1.54) is 0 Å². The van der Waals surface area contributed by atoms with Crippen LogP contribution in [0.4, 0.5) is 0 Å². The third-order valence-electron chi connectivity index (χ3n) is 5.36. The van der Waals surface area contributed by atoms with E-state index in [1.807, 2.05) is 64.9 Å². The molecule has 162 valence electrons. The lowest BCUT2D eigenvalue weighted by atomic mass is 10.2. The van der Waals surface area contributed by atoms with Gasteiger partial charge in [-0.15, -0.1) is 10.2 Å². The van der Waals surface area contributed by atoms with Crippen LogP contribution in [-0.2, 0) is 7.05 Å². The van der Waals surface area contributed by atoms with E-state index in [9.17, 15) is 4.79 Å². The van der Waals surface area contributed by atoms with E-state index >= 15 is 0 Å². The minimum Gasteiger partial charge on any atom is -0.496 e. The van der Waals surface area contributed by atoms with Crippen molar-refractivity contribution in [2.45, 2.75) is 12.5 Å². The van der Waals surface area contributed by atoms with E-state index in [0.29, 0.717) is 23.0 Å². The van der Waals surface area contributed by atoms with E-state index < -0.39 is 0 Å². The monoisotopic (exact) mass is 439 g/mol. The van der Waals surface area contributed by atoms with E-state index in [2.05, 4.69) is 15.5 Å². The molecule has 0 saturated carbocycles. The minimum atomic E-state index is -0.279. The van der Waals surface area contributed by atoms with Gasteiger partial charge in [-0.25, -0.2) is 0 Å². The Balaban J connectivity index is 1.72. The molecule has 0 bridgehead atoms. The van der Waals surface area contributed by atoms with Crippen molar-refractivity contribution in [1.29, 1.82) is 0 Å². The second-order valence-corrected chi connectivity index (χ2v) is 8.10. The van der Waals surface area contributed by atoms with Crippen LogP contribution in [0.2, 0.25) is 0 Å². The average Bonchev–Trinajstić information content (AvgIpc) is 3.38. The van der Waals surface area contributed by atoms with Gasteiger partial charge in [-0.1, -0.05) is 6.07 Å². The number of aryl methyl sites for hydroxylation is 1. The van der Waals surface area contributed by atoms with Crippen LogP contribution < -0.4 is 14.8 Å². The van der Waals surface area contributed by atoms with Crippen LogP contribution in [0.5, 0.6) is 11.5 Å². The molecule has 3 aromatic heterocycles. The van der Waals surface area contributed by atoms with Gasteiger partial charge in [0.25, 0.3) is 5.91 Å². The van der Waals surface area contributed by atoms with Crippen LogP contribution in [-0.4, -0.2) is 51.3 Å². The fourth-order valence-electron chi connectivity index (χ4n) is 3.80. The van der Waals surface area contributed by atoms with Gasteiger partial charge >= 0.3 is 0 Å². The number of rotatable bonds is 8. The number of amides is 1. The highest BCUT2D eigenvalue weighted by Crippen LogP contribution is 2.35. The van der Waals surface area contributed by atoms with Gasteiger partial charge in [0.15, 0.2) is 11.5 Å². The Morgan fingerprint density at radius 2 is 1.94 bits per heavy atom. The van der Waals surface area contributed by atoms with Crippen LogP contribution in [0.15, 0.2) is 42.6 Å². The number of aromatic nitrogens is 4. The quantitative estimate of drug-likeness (QED) is 0.453. The Labute approximate surface area is 184 Å². The van der Waals surface area contributed by atoms with E-state index in [0.717, 1.165) is 28.7 Å². The first-order valence-corrected chi connectivity index (χ1v) is 11.3. The Kier molecular flexibility index (Phi) is 6.03. The second kappa shape index (κ2) is 8.89. The first-order valence-electron chi connectivity index (χ1n) is 9.89. The normalized spacial score (nSPS) is 12.3. The van der Waals surface area contributed by atoms with Gasteiger partial charge in [0.2, 0.25) is 0 Å². The molecule has 31 heavy (non-hydrogen) atoms. The molecule has 1 unspecified atom stereocenters. The van der Waals surface area contributed by atoms with Gasteiger partial charge in [-0.05, 0) is 48.8 Å². The van der Waals surface area contributed by atoms with Crippen LogP contribution in [0.25, 0.3) is 16.6 Å². The van der Waals surface area contributed by atoms with Crippen molar-refractivity contribution in [1.82, 2.24) is 24.5 Å². The number of nitrogens with one attached hydrogen (secondary N) is 1. The number of carbonyl (C=O) groups is 1. The molecule has 9 heteroatoms. The summed E-state index contributed by atoms with van der Waals surface area (Å²) >= 11 is 1.73. The fraction of sp³-hybridized carbons (Fsp3) is 0.318. The molecule has 0 aliphatic rings. The lowest BCUT2D eigenvalue weighted by molar-refractivity contribution is 0.0926. The fourth-order valence-corrected chi connectivity index (χ4v) is 4.27. The predicted molar refractivity (Wildman–Crippen MR) is 122 cm³/mol. The van der Waals surface area contributed by atoms with Crippen LogP contribution in [0, 0.1) is 0 Å². The summed E-state index contributed by atoms with van der Waals surface area (Å²) in [5.74, 6) is 2.77. The van der Waals surface area contributed by atoms with Gasteiger partial charge in [-0.3, -0.25) is 9.20 Å². The number of fused-ring (bicyclic) bond motifs is 2. The molecule has 0 radical (unpaired) electrons. The highest BCUT2D eigenvalue weighted by atomic mass is 32.2. The number of carbonyl (C=O) groups excluding carboxylic acids is 1. The van der Waals surface area contributed by atoms with E-state index in [4.69, 9.17) is 9.47 Å². The number of methoxy groups -OCH3 is 2. The van der Waals surface area contributed by atoms with Gasteiger partial charge in [0, 0.05) is 18.6 Å². The van der Waals surface area contributed by atoms with Crippen LogP contribution in [0.1, 0.15) is 28.8 Å². The maximum absolute atomic E-state index is 13.4. The maximum atomic E-state index is 13.4. The van der Waals surface area contributed by atoms with Gasteiger partial charge in [0.05, 0.1) is 25.8 Å². The zero-order chi connectivity index (χ0) is 22.0. The first kappa shape index (κ1) is 21.0. The molecule has 0 aliphatic carbocycles. The predicted octanol–water partition coefficient (Wildman–Crippen LogP) is 3.46. The Morgan fingerprint density at radius 3 is 2.68 bits per heavy atom. The van der Waals surface area contributed by atoms with Crippen molar-refractivity contribution in [3.8, 4) is 11.5 Å². The molecule has 4 rings (SSSR count).